The van der Waals surface area contributed by atoms with Gasteiger partial charge in [-0.1, -0.05) is 25.0 Å². The molecule has 21 heavy (non-hydrogen) atoms. The van der Waals surface area contributed by atoms with Crippen LogP contribution in [0.2, 0.25) is 0 Å². The number of nitrogens with one attached hydrogen (secondary N) is 1. The van der Waals surface area contributed by atoms with Crippen LogP contribution in [0.5, 0.6) is 5.75 Å². The number of hydrogen-bond donors (Lipinski definition) is 1. The van der Waals surface area contributed by atoms with E-state index in [0.29, 0.717) is 6.04 Å². The van der Waals surface area contributed by atoms with Gasteiger partial charge in [0.2, 0.25) is 0 Å². The van der Waals surface area contributed by atoms with Gasteiger partial charge in [0.15, 0.2) is 0 Å². The summed E-state index contributed by atoms with van der Waals surface area (Å²) in [6.07, 6.45) is 6.83. The SMILES string of the molecule is CNC(c1ccc2c(c1)CC(C)(C)O2)C1C2CCCCC21. The highest BCUT2D eigenvalue weighted by molar-refractivity contribution is 5.43. The van der Waals surface area contributed by atoms with Gasteiger partial charge in [-0.3, -0.25) is 0 Å². The van der Waals surface area contributed by atoms with Gasteiger partial charge in [-0.05, 0) is 68.7 Å². The average molecular weight is 285 g/mol. The Morgan fingerprint density at radius 3 is 2.57 bits per heavy atom. The predicted octanol–water partition coefficient (Wildman–Crippen LogP) is 4.10. The molecule has 2 saturated carbocycles. The average Bonchev–Trinajstić information content (AvgIpc) is 3.07. The Bertz CT molecular complexity index is 538. The zero-order valence-electron chi connectivity index (χ0n) is 13.5. The maximum absolute atomic E-state index is 6.01. The van der Waals surface area contributed by atoms with Crippen LogP contribution in [-0.2, 0) is 6.42 Å². The molecule has 1 aromatic rings. The largest absolute Gasteiger partial charge is 0.487 e. The molecule has 0 spiro atoms. The fourth-order valence-electron chi connectivity index (χ4n) is 4.95. The van der Waals surface area contributed by atoms with E-state index in [9.17, 15) is 0 Å². The zero-order valence-corrected chi connectivity index (χ0v) is 13.5. The van der Waals surface area contributed by atoms with Crippen LogP contribution >= 0.6 is 0 Å². The van der Waals surface area contributed by atoms with E-state index in [4.69, 9.17) is 4.74 Å². The quantitative estimate of drug-likeness (QED) is 0.903. The molecule has 1 aliphatic heterocycles. The molecule has 0 amide bonds. The summed E-state index contributed by atoms with van der Waals surface area (Å²) in [5.41, 5.74) is 2.82. The van der Waals surface area contributed by atoms with Gasteiger partial charge >= 0.3 is 0 Å². The minimum atomic E-state index is -0.0380. The van der Waals surface area contributed by atoms with Gasteiger partial charge in [0, 0.05) is 12.5 Å². The first kappa shape index (κ1) is 13.6. The predicted molar refractivity (Wildman–Crippen MR) is 85.6 cm³/mol. The van der Waals surface area contributed by atoms with Crippen LogP contribution in [0, 0.1) is 17.8 Å². The molecule has 114 valence electrons. The van der Waals surface area contributed by atoms with Crippen LogP contribution in [0.15, 0.2) is 18.2 Å². The summed E-state index contributed by atoms with van der Waals surface area (Å²) in [6, 6.07) is 7.41. The molecule has 2 nitrogen and oxygen atoms in total. The summed E-state index contributed by atoms with van der Waals surface area (Å²) < 4.78 is 6.01. The molecule has 4 rings (SSSR count). The lowest BCUT2D eigenvalue weighted by molar-refractivity contribution is 0.138. The Morgan fingerprint density at radius 2 is 1.90 bits per heavy atom. The van der Waals surface area contributed by atoms with Crippen molar-refractivity contribution in [1.82, 2.24) is 5.32 Å². The zero-order chi connectivity index (χ0) is 14.6. The lowest BCUT2D eigenvalue weighted by atomic mass is 9.95. The number of fused-ring (bicyclic) bond motifs is 2. The third-order valence-electron chi connectivity index (χ3n) is 5.86. The van der Waals surface area contributed by atoms with Crippen molar-refractivity contribution >= 4 is 0 Å². The van der Waals surface area contributed by atoms with E-state index in [0.717, 1.165) is 29.9 Å². The van der Waals surface area contributed by atoms with E-state index in [1.54, 1.807) is 0 Å². The first-order chi connectivity index (χ1) is 10.1. The minimum absolute atomic E-state index is 0.0380. The van der Waals surface area contributed by atoms with Crippen LogP contribution in [0.1, 0.15) is 56.7 Å². The number of ether oxygens (including phenoxy) is 1. The fourth-order valence-corrected chi connectivity index (χ4v) is 4.95. The van der Waals surface area contributed by atoms with Crippen molar-refractivity contribution in [2.75, 3.05) is 7.05 Å². The van der Waals surface area contributed by atoms with Crippen LogP contribution in [-0.4, -0.2) is 12.6 Å². The molecule has 3 unspecified atom stereocenters. The molecular weight excluding hydrogens is 258 g/mol. The minimum Gasteiger partial charge on any atom is -0.487 e. The molecule has 1 N–H and O–H groups in total. The van der Waals surface area contributed by atoms with Crippen molar-refractivity contribution in [2.24, 2.45) is 17.8 Å². The highest BCUT2D eigenvalue weighted by Crippen LogP contribution is 2.60. The van der Waals surface area contributed by atoms with Crippen LogP contribution in [0.4, 0.5) is 0 Å². The molecule has 1 heterocycles. The molecule has 2 heteroatoms. The van der Waals surface area contributed by atoms with E-state index in [2.05, 4.69) is 44.4 Å². The normalized spacial score (nSPS) is 33.8. The third kappa shape index (κ3) is 2.28. The highest BCUT2D eigenvalue weighted by atomic mass is 16.5. The number of rotatable bonds is 3. The van der Waals surface area contributed by atoms with Crippen LogP contribution in [0.25, 0.3) is 0 Å². The van der Waals surface area contributed by atoms with Gasteiger partial charge in [0.25, 0.3) is 0 Å². The topological polar surface area (TPSA) is 21.3 Å². The summed E-state index contributed by atoms with van der Waals surface area (Å²) in [5, 5.41) is 3.61. The molecular formula is C19H27NO. The summed E-state index contributed by atoms with van der Waals surface area (Å²) in [6.45, 7) is 4.36. The monoisotopic (exact) mass is 285 g/mol. The maximum atomic E-state index is 6.01. The van der Waals surface area contributed by atoms with Crippen molar-refractivity contribution in [3.8, 4) is 5.75 Å². The lowest BCUT2D eigenvalue weighted by Gasteiger charge is -2.18. The smallest absolute Gasteiger partial charge is 0.123 e. The van der Waals surface area contributed by atoms with E-state index in [1.807, 2.05) is 0 Å². The molecule has 2 fully saturated rings. The lowest BCUT2D eigenvalue weighted by Crippen LogP contribution is -2.24. The molecule has 0 saturated heterocycles. The Kier molecular flexibility index (Phi) is 3.08. The van der Waals surface area contributed by atoms with Crippen LogP contribution in [0.3, 0.4) is 0 Å². The van der Waals surface area contributed by atoms with Crippen molar-refractivity contribution in [3.63, 3.8) is 0 Å². The Balaban J connectivity index is 1.58. The summed E-state index contributed by atoms with van der Waals surface area (Å²) in [7, 11) is 2.13. The first-order valence-electron chi connectivity index (χ1n) is 8.58. The van der Waals surface area contributed by atoms with E-state index < -0.39 is 0 Å². The second kappa shape index (κ2) is 4.74. The van der Waals surface area contributed by atoms with Crippen molar-refractivity contribution in [2.45, 2.75) is 57.6 Å². The molecule has 1 aromatic carbocycles. The van der Waals surface area contributed by atoms with Crippen molar-refractivity contribution in [1.29, 1.82) is 0 Å². The van der Waals surface area contributed by atoms with Crippen LogP contribution < -0.4 is 10.1 Å². The maximum Gasteiger partial charge on any atom is 0.123 e. The standard InChI is InChI=1S/C19H27NO/c1-19(2)11-13-10-12(8-9-16(13)21-19)18(20-3)17-14-6-4-5-7-15(14)17/h8-10,14-15,17-18,20H,4-7,11H2,1-3H3. The van der Waals surface area contributed by atoms with E-state index >= 15 is 0 Å². The summed E-state index contributed by atoms with van der Waals surface area (Å²) in [5.74, 6) is 3.92. The highest BCUT2D eigenvalue weighted by Gasteiger charge is 2.54. The first-order valence-corrected chi connectivity index (χ1v) is 8.58. The summed E-state index contributed by atoms with van der Waals surface area (Å²) >= 11 is 0. The van der Waals surface area contributed by atoms with Gasteiger partial charge in [-0.2, -0.15) is 0 Å². The number of hydrogen-bond acceptors (Lipinski definition) is 2. The van der Waals surface area contributed by atoms with E-state index in [1.165, 1.54) is 36.8 Å². The molecule has 3 atom stereocenters. The Labute approximate surface area is 128 Å². The van der Waals surface area contributed by atoms with Gasteiger partial charge < -0.3 is 10.1 Å². The number of benzene rings is 1. The second-order valence-electron chi connectivity index (χ2n) is 7.86. The second-order valence-corrected chi connectivity index (χ2v) is 7.86. The van der Waals surface area contributed by atoms with Gasteiger partial charge in [0.05, 0.1) is 0 Å². The van der Waals surface area contributed by atoms with Gasteiger partial charge in [-0.15, -0.1) is 0 Å². The van der Waals surface area contributed by atoms with E-state index in [-0.39, 0.29) is 5.60 Å². The van der Waals surface area contributed by atoms with Crippen molar-refractivity contribution < 1.29 is 4.74 Å². The molecule has 0 aromatic heterocycles. The molecule has 0 radical (unpaired) electrons. The van der Waals surface area contributed by atoms with Gasteiger partial charge in [0.1, 0.15) is 11.4 Å². The Morgan fingerprint density at radius 1 is 1.19 bits per heavy atom. The third-order valence-corrected chi connectivity index (χ3v) is 5.86. The summed E-state index contributed by atoms with van der Waals surface area (Å²) in [4.78, 5) is 0. The Hall–Kier alpha value is -1.02. The molecule has 2 aliphatic carbocycles. The fraction of sp³-hybridized carbons (Fsp3) is 0.684. The van der Waals surface area contributed by atoms with Crippen molar-refractivity contribution in [3.05, 3.63) is 29.3 Å². The van der Waals surface area contributed by atoms with Gasteiger partial charge in [-0.25, -0.2) is 0 Å². The molecule has 3 aliphatic rings. The molecule has 0 bridgehead atoms.